The summed E-state index contributed by atoms with van der Waals surface area (Å²) in [5.74, 6) is 0.451. The molecule has 0 radical (unpaired) electrons. The van der Waals surface area contributed by atoms with Crippen LogP contribution in [0.4, 0.5) is 5.69 Å². The monoisotopic (exact) mass is 275 g/mol. The maximum absolute atomic E-state index is 6.03. The Morgan fingerprint density at radius 1 is 1.25 bits per heavy atom. The van der Waals surface area contributed by atoms with E-state index in [0.717, 1.165) is 13.1 Å². The number of hydrogen-bond donors (Lipinski definition) is 1. The van der Waals surface area contributed by atoms with Gasteiger partial charge in [0.2, 0.25) is 0 Å². The molecule has 1 aliphatic heterocycles. The van der Waals surface area contributed by atoms with Crippen LogP contribution in [0.2, 0.25) is 0 Å². The van der Waals surface area contributed by atoms with E-state index in [-0.39, 0.29) is 0 Å². The Kier molecular flexibility index (Phi) is 5.44. The van der Waals surface area contributed by atoms with Crippen molar-refractivity contribution in [2.45, 2.75) is 38.1 Å². The first-order valence-electron chi connectivity index (χ1n) is 7.83. The third-order valence-electron chi connectivity index (χ3n) is 4.56. The van der Waals surface area contributed by atoms with Crippen molar-refractivity contribution in [2.24, 2.45) is 5.73 Å². The Morgan fingerprint density at radius 3 is 2.50 bits per heavy atom. The van der Waals surface area contributed by atoms with Gasteiger partial charge in [0.15, 0.2) is 0 Å². The van der Waals surface area contributed by atoms with Gasteiger partial charge in [0.1, 0.15) is 0 Å². The zero-order valence-corrected chi connectivity index (χ0v) is 13.2. The number of anilines is 1. The molecule has 3 heteroatoms. The number of benzene rings is 1. The number of likely N-dealkylation sites (tertiary alicyclic amines) is 1. The van der Waals surface area contributed by atoms with Gasteiger partial charge in [-0.2, -0.15) is 0 Å². The maximum atomic E-state index is 6.03. The first-order chi connectivity index (χ1) is 9.61. The molecule has 1 saturated heterocycles. The Labute approximate surface area is 123 Å². The van der Waals surface area contributed by atoms with Crippen LogP contribution in [0.5, 0.6) is 0 Å². The van der Waals surface area contributed by atoms with E-state index in [0.29, 0.717) is 12.0 Å². The van der Waals surface area contributed by atoms with Crippen molar-refractivity contribution in [3.05, 3.63) is 29.8 Å². The van der Waals surface area contributed by atoms with Crippen LogP contribution in [-0.4, -0.2) is 44.7 Å². The molecule has 0 aromatic heterocycles. The predicted molar refractivity (Wildman–Crippen MR) is 87.5 cm³/mol. The molecule has 2 N–H and O–H groups in total. The second-order valence-electron chi connectivity index (χ2n) is 6.26. The van der Waals surface area contributed by atoms with Crippen molar-refractivity contribution in [3.8, 4) is 0 Å². The van der Waals surface area contributed by atoms with Gasteiger partial charge in [-0.3, -0.25) is 0 Å². The summed E-state index contributed by atoms with van der Waals surface area (Å²) in [7, 11) is 4.15. The van der Waals surface area contributed by atoms with Crippen LogP contribution >= 0.6 is 0 Å². The van der Waals surface area contributed by atoms with E-state index in [4.69, 9.17) is 5.73 Å². The fourth-order valence-corrected chi connectivity index (χ4v) is 3.07. The Balaban J connectivity index is 2.03. The minimum atomic E-state index is 0.451. The smallest absolute Gasteiger partial charge is 0.0361 e. The average molecular weight is 275 g/mol. The van der Waals surface area contributed by atoms with Gasteiger partial charge < -0.3 is 15.5 Å². The summed E-state index contributed by atoms with van der Waals surface area (Å²) in [6, 6.07) is 9.57. The quantitative estimate of drug-likeness (QED) is 0.896. The number of hydrogen-bond acceptors (Lipinski definition) is 3. The highest BCUT2D eigenvalue weighted by atomic mass is 15.2. The Hall–Kier alpha value is -1.06. The fourth-order valence-electron chi connectivity index (χ4n) is 3.07. The minimum Gasteiger partial charge on any atom is -0.378 e. The second-order valence-corrected chi connectivity index (χ2v) is 6.26. The van der Waals surface area contributed by atoms with Crippen LogP contribution in [0.25, 0.3) is 0 Å². The standard InChI is InChI=1S/C17H29N3/c1-14-6-4-5-11-20(14)13-16(12-18)15-7-9-17(10-8-15)19(2)3/h7-10,14,16H,4-6,11-13,18H2,1-3H3. The lowest BCUT2D eigenvalue weighted by atomic mass is 9.95. The molecule has 2 rings (SSSR count). The lowest BCUT2D eigenvalue weighted by Crippen LogP contribution is -2.41. The predicted octanol–water partition coefficient (Wildman–Crippen LogP) is 2.67. The van der Waals surface area contributed by atoms with Gasteiger partial charge in [0, 0.05) is 44.8 Å². The lowest BCUT2D eigenvalue weighted by Gasteiger charge is -2.36. The third kappa shape index (κ3) is 3.74. The lowest BCUT2D eigenvalue weighted by molar-refractivity contribution is 0.152. The van der Waals surface area contributed by atoms with Crippen molar-refractivity contribution in [1.82, 2.24) is 4.90 Å². The molecule has 0 aliphatic carbocycles. The first kappa shape index (κ1) is 15.3. The molecule has 1 aliphatic rings. The highest BCUT2D eigenvalue weighted by Crippen LogP contribution is 2.23. The van der Waals surface area contributed by atoms with E-state index in [1.165, 1.54) is 37.1 Å². The molecule has 112 valence electrons. The molecule has 1 aromatic rings. The Bertz CT molecular complexity index is 399. The largest absolute Gasteiger partial charge is 0.378 e. The van der Waals surface area contributed by atoms with E-state index < -0.39 is 0 Å². The number of nitrogens with zero attached hydrogens (tertiary/aromatic N) is 2. The number of nitrogens with two attached hydrogens (primary N) is 1. The van der Waals surface area contributed by atoms with E-state index in [1.807, 2.05) is 0 Å². The minimum absolute atomic E-state index is 0.451. The fraction of sp³-hybridized carbons (Fsp3) is 0.647. The number of rotatable bonds is 5. The summed E-state index contributed by atoms with van der Waals surface area (Å²) in [6.45, 7) is 5.40. The molecule has 3 nitrogen and oxygen atoms in total. The van der Waals surface area contributed by atoms with E-state index in [2.05, 4.69) is 55.1 Å². The summed E-state index contributed by atoms with van der Waals surface area (Å²) in [5, 5.41) is 0. The van der Waals surface area contributed by atoms with Gasteiger partial charge in [0.05, 0.1) is 0 Å². The van der Waals surface area contributed by atoms with Crippen LogP contribution in [0.15, 0.2) is 24.3 Å². The summed E-state index contributed by atoms with van der Waals surface area (Å²) in [4.78, 5) is 4.74. The van der Waals surface area contributed by atoms with Crippen LogP contribution < -0.4 is 10.6 Å². The van der Waals surface area contributed by atoms with Crippen molar-refractivity contribution >= 4 is 5.69 Å². The third-order valence-corrected chi connectivity index (χ3v) is 4.56. The molecule has 0 bridgehead atoms. The number of piperidine rings is 1. The second kappa shape index (κ2) is 7.09. The van der Waals surface area contributed by atoms with Crippen LogP contribution in [0.3, 0.4) is 0 Å². The molecule has 1 aromatic carbocycles. The van der Waals surface area contributed by atoms with Gasteiger partial charge >= 0.3 is 0 Å². The highest BCUT2D eigenvalue weighted by Gasteiger charge is 2.22. The zero-order valence-electron chi connectivity index (χ0n) is 13.2. The van der Waals surface area contributed by atoms with Gasteiger partial charge in [-0.15, -0.1) is 0 Å². The molecular weight excluding hydrogens is 246 g/mol. The van der Waals surface area contributed by atoms with Crippen molar-refractivity contribution in [1.29, 1.82) is 0 Å². The summed E-state index contributed by atoms with van der Waals surface area (Å²) in [6.07, 6.45) is 4.04. The normalized spacial score (nSPS) is 21.7. The highest BCUT2D eigenvalue weighted by molar-refractivity contribution is 5.46. The van der Waals surface area contributed by atoms with Crippen molar-refractivity contribution < 1.29 is 0 Å². The SMILES string of the molecule is CC1CCCCN1CC(CN)c1ccc(N(C)C)cc1. The molecule has 0 saturated carbocycles. The summed E-state index contributed by atoms with van der Waals surface area (Å²) >= 11 is 0. The summed E-state index contributed by atoms with van der Waals surface area (Å²) in [5.41, 5.74) is 8.65. The zero-order chi connectivity index (χ0) is 14.5. The molecule has 2 atom stereocenters. The summed E-state index contributed by atoms with van der Waals surface area (Å²) < 4.78 is 0. The Morgan fingerprint density at radius 2 is 1.95 bits per heavy atom. The average Bonchev–Trinajstić information content (AvgIpc) is 2.46. The topological polar surface area (TPSA) is 32.5 Å². The molecular formula is C17H29N3. The van der Waals surface area contributed by atoms with E-state index in [9.17, 15) is 0 Å². The first-order valence-corrected chi connectivity index (χ1v) is 7.83. The molecule has 1 fully saturated rings. The van der Waals surface area contributed by atoms with Crippen LogP contribution in [-0.2, 0) is 0 Å². The van der Waals surface area contributed by atoms with Crippen LogP contribution in [0.1, 0.15) is 37.7 Å². The van der Waals surface area contributed by atoms with Gasteiger partial charge in [-0.1, -0.05) is 18.6 Å². The van der Waals surface area contributed by atoms with Crippen molar-refractivity contribution in [3.63, 3.8) is 0 Å². The molecule has 0 amide bonds. The molecule has 2 unspecified atom stereocenters. The van der Waals surface area contributed by atoms with Gasteiger partial charge in [-0.25, -0.2) is 0 Å². The van der Waals surface area contributed by atoms with E-state index in [1.54, 1.807) is 0 Å². The maximum Gasteiger partial charge on any atom is 0.0361 e. The molecule has 1 heterocycles. The van der Waals surface area contributed by atoms with Gasteiger partial charge in [0.25, 0.3) is 0 Å². The van der Waals surface area contributed by atoms with Crippen molar-refractivity contribution in [2.75, 3.05) is 38.6 Å². The van der Waals surface area contributed by atoms with Gasteiger partial charge in [-0.05, 0) is 44.0 Å². The van der Waals surface area contributed by atoms with E-state index >= 15 is 0 Å². The van der Waals surface area contributed by atoms with Crippen LogP contribution in [0, 0.1) is 0 Å². The molecule has 0 spiro atoms. The molecule has 20 heavy (non-hydrogen) atoms.